The summed E-state index contributed by atoms with van der Waals surface area (Å²) in [7, 11) is 1.66. The van der Waals surface area contributed by atoms with E-state index in [0.29, 0.717) is 31.7 Å². The molecule has 1 aliphatic heterocycles. The molecule has 1 saturated carbocycles. The van der Waals surface area contributed by atoms with E-state index >= 15 is 0 Å². The molecule has 1 N–H and O–H groups in total. The number of carbonyl (C=O) groups is 2. The van der Waals surface area contributed by atoms with E-state index in [-0.39, 0.29) is 23.3 Å². The zero-order valence-electron chi connectivity index (χ0n) is 15.2. The minimum absolute atomic E-state index is 0.00192. The van der Waals surface area contributed by atoms with Crippen molar-refractivity contribution in [3.8, 4) is 0 Å². The van der Waals surface area contributed by atoms with Gasteiger partial charge in [-0.25, -0.2) is 0 Å². The third-order valence-electron chi connectivity index (χ3n) is 5.75. The number of rotatable bonds is 7. The third kappa shape index (κ3) is 3.56. The van der Waals surface area contributed by atoms with E-state index in [2.05, 4.69) is 10.4 Å². The van der Waals surface area contributed by atoms with Gasteiger partial charge in [-0.2, -0.15) is 5.10 Å². The average Bonchev–Trinajstić information content (AvgIpc) is 3.26. The van der Waals surface area contributed by atoms with Gasteiger partial charge in [-0.05, 0) is 26.2 Å². The smallest absolute Gasteiger partial charge is 0.254 e. The minimum Gasteiger partial charge on any atom is -0.383 e. The number of piperidine rings is 1. The summed E-state index contributed by atoms with van der Waals surface area (Å²) >= 11 is 0. The van der Waals surface area contributed by atoms with Crippen molar-refractivity contribution >= 4 is 11.8 Å². The zero-order valence-corrected chi connectivity index (χ0v) is 15.2. The second-order valence-corrected chi connectivity index (χ2v) is 7.12. The Labute approximate surface area is 148 Å². The van der Waals surface area contributed by atoms with E-state index in [1.807, 2.05) is 11.8 Å². The highest BCUT2D eigenvalue weighted by Crippen LogP contribution is 2.47. The third-order valence-corrected chi connectivity index (χ3v) is 5.75. The van der Waals surface area contributed by atoms with E-state index in [9.17, 15) is 9.59 Å². The molecule has 2 amide bonds. The number of amides is 2. The molecule has 3 rings (SSSR count). The van der Waals surface area contributed by atoms with Gasteiger partial charge in [0.05, 0.1) is 18.4 Å². The Balaban J connectivity index is 1.67. The van der Waals surface area contributed by atoms with E-state index in [4.69, 9.17) is 4.74 Å². The Kier molecular flexibility index (Phi) is 5.42. The van der Waals surface area contributed by atoms with Gasteiger partial charge >= 0.3 is 0 Å². The number of hydrogen-bond acceptors (Lipinski definition) is 4. The fourth-order valence-electron chi connectivity index (χ4n) is 4.35. The van der Waals surface area contributed by atoms with Gasteiger partial charge in [0.2, 0.25) is 5.91 Å². The highest BCUT2D eigenvalue weighted by atomic mass is 16.5. The standard InChI is InChI=1S/C18H28N4O3/c1-3-21-12-14(11-20-21)17(24)19-13-18-7-4-5-15(18)22(9-10-25-2)16(23)6-8-18/h11-12,15H,3-10,13H2,1-2H3,(H,19,24)/t15-,18+/m1/s1. The van der Waals surface area contributed by atoms with Crippen LogP contribution in [0.2, 0.25) is 0 Å². The molecular weight excluding hydrogens is 320 g/mol. The lowest BCUT2D eigenvalue weighted by Crippen LogP contribution is -2.56. The van der Waals surface area contributed by atoms with E-state index in [1.54, 1.807) is 24.2 Å². The summed E-state index contributed by atoms with van der Waals surface area (Å²) in [6.45, 7) is 4.55. The molecule has 7 nitrogen and oxygen atoms in total. The second-order valence-electron chi connectivity index (χ2n) is 7.12. The van der Waals surface area contributed by atoms with Gasteiger partial charge in [-0.15, -0.1) is 0 Å². The molecular formula is C18H28N4O3. The van der Waals surface area contributed by atoms with Gasteiger partial charge < -0.3 is 15.0 Å². The molecule has 2 atom stereocenters. The van der Waals surface area contributed by atoms with Crippen molar-refractivity contribution in [2.24, 2.45) is 5.41 Å². The summed E-state index contributed by atoms with van der Waals surface area (Å²) in [6, 6.07) is 0.211. The highest BCUT2D eigenvalue weighted by Gasteiger charge is 2.50. The Bertz CT molecular complexity index is 630. The van der Waals surface area contributed by atoms with Crippen LogP contribution in [0.15, 0.2) is 12.4 Å². The van der Waals surface area contributed by atoms with Crippen LogP contribution in [0, 0.1) is 5.41 Å². The number of aromatic nitrogens is 2. The van der Waals surface area contributed by atoms with Crippen LogP contribution in [0.25, 0.3) is 0 Å². The first-order chi connectivity index (χ1) is 12.1. The number of nitrogens with zero attached hydrogens (tertiary/aromatic N) is 3. The predicted octanol–water partition coefficient (Wildman–Crippen LogP) is 1.44. The largest absolute Gasteiger partial charge is 0.383 e. The van der Waals surface area contributed by atoms with Crippen molar-refractivity contribution in [1.29, 1.82) is 0 Å². The van der Waals surface area contributed by atoms with E-state index < -0.39 is 0 Å². The lowest BCUT2D eigenvalue weighted by atomic mass is 9.74. The zero-order chi connectivity index (χ0) is 17.9. The lowest BCUT2D eigenvalue weighted by molar-refractivity contribution is -0.142. The Hall–Kier alpha value is -1.89. The second kappa shape index (κ2) is 7.56. The first-order valence-electron chi connectivity index (χ1n) is 9.18. The van der Waals surface area contributed by atoms with Gasteiger partial charge in [0.25, 0.3) is 5.91 Å². The van der Waals surface area contributed by atoms with E-state index in [0.717, 1.165) is 32.2 Å². The van der Waals surface area contributed by atoms with Crippen LogP contribution in [-0.2, 0) is 16.1 Å². The molecule has 0 unspecified atom stereocenters. The van der Waals surface area contributed by atoms with Crippen LogP contribution < -0.4 is 5.32 Å². The number of carbonyl (C=O) groups excluding carboxylic acids is 2. The summed E-state index contributed by atoms with van der Waals surface area (Å²) in [5, 5.41) is 7.26. The van der Waals surface area contributed by atoms with Crippen LogP contribution in [0.3, 0.4) is 0 Å². The molecule has 1 aliphatic carbocycles. The number of ether oxygens (including phenoxy) is 1. The maximum atomic E-state index is 12.5. The molecule has 0 radical (unpaired) electrons. The number of likely N-dealkylation sites (tertiary alicyclic amines) is 1. The molecule has 2 aliphatic rings. The Morgan fingerprint density at radius 2 is 2.32 bits per heavy atom. The van der Waals surface area contributed by atoms with Crippen LogP contribution in [0.1, 0.15) is 49.4 Å². The molecule has 0 spiro atoms. The molecule has 0 aromatic carbocycles. The van der Waals surface area contributed by atoms with Crippen LogP contribution in [0.4, 0.5) is 0 Å². The van der Waals surface area contributed by atoms with Crippen molar-refractivity contribution < 1.29 is 14.3 Å². The van der Waals surface area contributed by atoms with Crippen molar-refractivity contribution in [3.05, 3.63) is 18.0 Å². The quantitative estimate of drug-likeness (QED) is 0.809. The first kappa shape index (κ1) is 17.9. The molecule has 7 heteroatoms. The fraction of sp³-hybridized carbons (Fsp3) is 0.722. The van der Waals surface area contributed by atoms with Gasteiger partial charge in [0, 0.05) is 50.8 Å². The summed E-state index contributed by atoms with van der Waals surface area (Å²) in [4.78, 5) is 26.8. The topological polar surface area (TPSA) is 76.5 Å². The predicted molar refractivity (Wildman–Crippen MR) is 93.1 cm³/mol. The number of methoxy groups -OCH3 is 1. The van der Waals surface area contributed by atoms with Gasteiger partial charge in [0.1, 0.15) is 0 Å². The summed E-state index contributed by atoms with van der Waals surface area (Å²) < 4.78 is 6.92. The number of hydrogen-bond donors (Lipinski definition) is 1. The van der Waals surface area contributed by atoms with E-state index in [1.165, 1.54) is 0 Å². The number of nitrogens with one attached hydrogen (secondary N) is 1. The number of aryl methyl sites for hydroxylation is 1. The summed E-state index contributed by atoms with van der Waals surface area (Å²) in [5.41, 5.74) is 0.592. The van der Waals surface area contributed by atoms with Crippen LogP contribution in [-0.4, -0.2) is 59.3 Å². The Morgan fingerprint density at radius 3 is 3.04 bits per heavy atom. The fourth-order valence-corrected chi connectivity index (χ4v) is 4.35. The van der Waals surface area contributed by atoms with Gasteiger partial charge in [0.15, 0.2) is 0 Å². The summed E-state index contributed by atoms with van der Waals surface area (Å²) in [6.07, 6.45) is 7.97. The molecule has 1 saturated heterocycles. The molecule has 2 heterocycles. The number of fused-ring (bicyclic) bond motifs is 1. The monoisotopic (exact) mass is 348 g/mol. The first-order valence-corrected chi connectivity index (χ1v) is 9.18. The molecule has 25 heavy (non-hydrogen) atoms. The van der Waals surface area contributed by atoms with Crippen molar-refractivity contribution in [2.45, 2.75) is 51.6 Å². The average molecular weight is 348 g/mol. The lowest BCUT2D eigenvalue weighted by Gasteiger charge is -2.46. The summed E-state index contributed by atoms with van der Waals surface area (Å²) in [5.74, 6) is 0.134. The van der Waals surface area contributed by atoms with Gasteiger partial charge in [-0.3, -0.25) is 14.3 Å². The molecule has 1 aromatic rings. The molecule has 2 fully saturated rings. The minimum atomic E-state index is -0.0833. The maximum absolute atomic E-state index is 12.5. The van der Waals surface area contributed by atoms with Crippen molar-refractivity contribution in [1.82, 2.24) is 20.0 Å². The molecule has 0 bridgehead atoms. The molecule has 138 valence electrons. The van der Waals surface area contributed by atoms with Crippen LogP contribution >= 0.6 is 0 Å². The normalized spacial score (nSPS) is 25.9. The highest BCUT2D eigenvalue weighted by molar-refractivity contribution is 5.93. The molecule has 1 aromatic heterocycles. The maximum Gasteiger partial charge on any atom is 0.254 e. The van der Waals surface area contributed by atoms with Crippen molar-refractivity contribution in [2.75, 3.05) is 26.8 Å². The van der Waals surface area contributed by atoms with Gasteiger partial charge in [-0.1, -0.05) is 6.42 Å². The van der Waals surface area contributed by atoms with Crippen molar-refractivity contribution in [3.63, 3.8) is 0 Å². The SMILES string of the molecule is CCn1cc(C(=O)NC[C@@]23CCC[C@H]2N(CCOC)C(=O)CC3)cn1. The van der Waals surface area contributed by atoms with Crippen LogP contribution in [0.5, 0.6) is 0 Å². The Morgan fingerprint density at radius 1 is 1.48 bits per heavy atom.